The van der Waals surface area contributed by atoms with E-state index in [1.807, 2.05) is 18.2 Å². The number of aliphatic hydroxyl groups is 1. The summed E-state index contributed by atoms with van der Waals surface area (Å²) in [5.41, 5.74) is 0. The SMILES string of the molecule is O[C@H](COCCOc1c(F)cc(Br)cc1F)CSc1ccccn1. The summed E-state index contributed by atoms with van der Waals surface area (Å²) in [4.78, 5) is 4.13. The van der Waals surface area contributed by atoms with E-state index in [2.05, 4.69) is 20.9 Å². The van der Waals surface area contributed by atoms with Crippen LogP contribution < -0.4 is 4.74 Å². The third-order valence-corrected chi connectivity index (χ3v) is 4.36. The van der Waals surface area contributed by atoms with Crippen LogP contribution in [0.5, 0.6) is 5.75 Å². The minimum atomic E-state index is -0.784. The van der Waals surface area contributed by atoms with Crippen LogP contribution >= 0.6 is 27.7 Å². The fourth-order valence-electron chi connectivity index (χ4n) is 1.75. The molecule has 1 aromatic heterocycles. The van der Waals surface area contributed by atoms with Crippen molar-refractivity contribution >= 4 is 27.7 Å². The summed E-state index contributed by atoms with van der Waals surface area (Å²) in [5.74, 6) is -1.57. The molecule has 24 heavy (non-hydrogen) atoms. The standard InChI is InChI=1S/C16H16BrF2NO3S/c17-11-7-13(18)16(14(19)8-11)23-6-5-22-9-12(21)10-24-15-3-1-2-4-20-15/h1-4,7-8,12,21H,5-6,9-10H2/t12-/m1/s1. The fourth-order valence-corrected chi connectivity index (χ4v) is 2.92. The highest BCUT2D eigenvalue weighted by atomic mass is 79.9. The lowest BCUT2D eigenvalue weighted by Gasteiger charge is -2.12. The van der Waals surface area contributed by atoms with E-state index in [0.717, 1.165) is 17.2 Å². The van der Waals surface area contributed by atoms with Crippen molar-refractivity contribution in [3.63, 3.8) is 0 Å². The number of nitrogens with zero attached hydrogens (tertiary/aromatic N) is 1. The van der Waals surface area contributed by atoms with Crippen molar-refractivity contribution in [1.82, 2.24) is 4.98 Å². The number of benzene rings is 1. The van der Waals surface area contributed by atoms with E-state index in [1.165, 1.54) is 11.8 Å². The van der Waals surface area contributed by atoms with E-state index in [9.17, 15) is 13.9 Å². The Kier molecular flexibility index (Phi) is 7.90. The number of ether oxygens (including phenoxy) is 2. The molecule has 0 bridgehead atoms. The van der Waals surface area contributed by atoms with Gasteiger partial charge in [0.25, 0.3) is 0 Å². The first kappa shape index (κ1) is 19.1. The third kappa shape index (κ3) is 6.35. The molecule has 0 fully saturated rings. The number of pyridine rings is 1. The molecule has 1 aromatic carbocycles. The minimum Gasteiger partial charge on any atom is -0.485 e. The molecule has 4 nitrogen and oxygen atoms in total. The Bertz CT molecular complexity index is 625. The first-order valence-corrected chi connectivity index (χ1v) is 8.91. The number of thioether (sulfide) groups is 1. The predicted octanol–water partition coefficient (Wildman–Crippen LogP) is 3.67. The lowest BCUT2D eigenvalue weighted by atomic mass is 10.3. The van der Waals surface area contributed by atoms with Crippen molar-refractivity contribution in [2.45, 2.75) is 11.1 Å². The van der Waals surface area contributed by atoms with Gasteiger partial charge >= 0.3 is 0 Å². The summed E-state index contributed by atoms with van der Waals surface area (Å²) in [6.07, 6.45) is 1.02. The summed E-state index contributed by atoms with van der Waals surface area (Å²) in [7, 11) is 0. The van der Waals surface area contributed by atoms with E-state index in [-0.39, 0.29) is 19.8 Å². The van der Waals surface area contributed by atoms with Crippen molar-refractivity contribution in [1.29, 1.82) is 0 Å². The molecule has 1 heterocycles. The Morgan fingerprint density at radius 1 is 1.21 bits per heavy atom. The molecule has 0 aliphatic rings. The van der Waals surface area contributed by atoms with Crippen molar-refractivity contribution in [2.24, 2.45) is 0 Å². The zero-order chi connectivity index (χ0) is 17.4. The quantitative estimate of drug-likeness (QED) is 0.496. The molecule has 0 radical (unpaired) electrons. The molecule has 0 spiro atoms. The normalized spacial score (nSPS) is 12.2. The summed E-state index contributed by atoms with van der Waals surface area (Å²) in [6.45, 7) is 0.199. The van der Waals surface area contributed by atoms with E-state index >= 15 is 0 Å². The molecule has 0 saturated carbocycles. The number of aromatic nitrogens is 1. The summed E-state index contributed by atoms with van der Waals surface area (Å²) in [6, 6.07) is 7.79. The van der Waals surface area contributed by atoms with Gasteiger partial charge in [-0.2, -0.15) is 0 Å². The van der Waals surface area contributed by atoms with Crippen LogP contribution in [0, 0.1) is 11.6 Å². The van der Waals surface area contributed by atoms with Gasteiger partial charge < -0.3 is 14.6 Å². The maximum absolute atomic E-state index is 13.5. The van der Waals surface area contributed by atoms with Gasteiger partial charge in [-0.1, -0.05) is 22.0 Å². The molecule has 1 N–H and O–H groups in total. The summed E-state index contributed by atoms with van der Waals surface area (Å²) in [5, 5.41) is 10.6. The van der Waals surface area contributed by atoms with Gasteiger partial charge in [0.05, 0.1) is 24.3 Å². The maximum Gasteiger partial charge on any atom is 0.190 e. The number of hydrogen-bond acceptors (Lipinski definition) is 5. The van der Waals surface area contributed by atoms with Crippen LogP contribution in [0.1, 0.15) is 0 Å². The Hall–Kier alpha value is -1.22. The summed E-state index contributed by atoms with van der Waals surface area (Å²) >= 11 is 4.41. The fraction of sp³-hybridized carbons (Fsp3) is 0.312. The topological polar surface area (TPSA) is 51.6 Å². The number of halogens is 3. The number of hydrogen-bond donors (Lipinski definition) is 1. The molecule has 130 valence electrons. The van der Waals surface area contributed by atoms with Crippen molar-refractivity contribution in [3.8, 4) is 5.75 Å². The van der Waals surface area contributed by atoms with Crippen LogP contribution in [-0.2, 0) is 4.74 Å². The van der Waals surface area contributed by atoms with Gasteiger partial charge in [-0.15, -0.1) is 11.8 Å². The van der Waals surface area contributed by atoms with Crippen molar-refractivity contribution < 1.29 is 23.4 Å². The van der Waals surface area contributed by atoms with E-state index in [0.29, 0.717) is 10.2 Å². The molecule has 2 rings (SSSR count). The monoisotopic (exact) mass is 419 g/mol. The Morgan fingerprint density at radius 2 is 1.96 bits per heavy atom. The number of aliphatic hydroxyl groups excluding tert-OH is 1. The second-order valence-electron chi connectivity index (χ2n) is 4.75. The predicted molar refractivity (Wildman–Crippen MR) is 91.3 cm³/mol. The van der Waals surface area contributed by atoms with Crippen LogP contribution in [0.25, 0.3) is 0 Å². The van der Waals surface area contributed by atoms with Crippen LogP contribution in [-0.4, -0.2) is 41.8 Å². The van der Waals surface area contributed by atoms with Crippen LogP contribution in [0.15, 0.2) is 46.0 Å². The molecule has 1 atom stereocenters. The van der Waals surface area contributed by atoms with Gasteiger partial charge in [0.15, 0.2) is 17.4 Å². The van der Waals surface area contributed by atoms with Gasteiger partial charge in [0.2, 0.25) is 0 Å². The zero-order valence-electron chi connectivity index (χ0n) is 12.6. The molecular weight excluding hydrogens is 404 g/mol. The second kappa shape index (κ2) is 9.93. The van der Waals surface area contributed by atoms with E-state index < -0.39 is 23.5 Å². The first-order chi connectivity index (χ1) is 11.6. The molecule has 0 unspecified atom stereocenters. The third-order valence-electron chi connectivity index (χ3n) is 2.81. The van der Waals surface area contributed by atoms with Crippen LogP contribution in [0.4, 0.5) is 8.78 Å². The Morgan fingerprint density at radius 3 is 2.62 bits per heavy atom. The molecule has 0 aliphatic heterocycles. The lowest BCUT2D eigenvalue weighted by Crippen LogP contribution is -2.20. The largest absolute Gasteiger partial charge is 0.485 e. The highest BCUT2D eigenvalue weighted by Gasteiger charge is 2.12. The highest BCUT2D eigenvalue weighted by Crippen LogP contribution is 2.25. The zero-order valence-corrected chi connectivity index (χ0v) is 15.0. The van der Waals surface area contributed by atoms with Gasteiger partial charge in [0, 0.05) is 16.4 Å². The number of rotatable bonds is 9. The van der Waals surface area contributed by atoms with Gasteiger partial charge in [0.1, 0.15) is 6.61 Å². The average Bonchev–Trinajstić information content (AvgIpc) is 2.55. The van der Waals surface area contributed by atoms with Crippen molar-refractivity contribution in [3.05, 3.63) is 52.6 Å². The highest BCUT2D eigenvalue weighted by molar-refractivity contribution is 9.10. The Labute approximate surface area is 151 Å². The molecule has 8 heteroatoms. The maximum atomic E-state index is 13.5. The van der Waals surface area contributed by atoms with E-state index in [1.54, 1.807) is 6.20 Å². The molecule has 0 amide bonds. The van der Waals surface area contributed by atoms with Gasteiger partial charge in [-0.05, 0) is 24.3 Å². The average molecular weight is 420 g/mol. The Balaban J connectivity index is 1.63. The lowest BCUT2D eigenvalue weighted by molar-refractivity contribution is 0.0338. The first-order valence-electron chi connectivity index (χ1n) is 7.13. The van der Waals surface area contributed by atoms with Crippen LogP contribution in [0.2, 0.25) is 0 Å². The van der Waals surface area contributed by atoms with Gasteiger partial charge in [-0.25, -0.2) is 13.8 Å². The molecule has 2 aromatic rings. The van der Waals surface area contributed by atoms with Crippen LogP contribution in [0.3, 0.4) is 0 Å². The smallest absolute Gasteiger partial charge is 0.190 e. The summed E-state index contributed by atoms with van der Waals surface area (Å²) < 4.78 is 37.6. The van der Waals surface area contributed by atoms with Crippen molar-refractivity contribution in [2.75, 3.05) is 25.6 Å². The molecule has 0 aliphatic carbocycles. The molecule has 0 saturated heterocycles. The molecular formula is C16H16BrF2NO3S. The minimum absolute atomic E-state index is 0.0183. The van der Waals surface area contributed by atoms with Gasteiger partial charge in [-0.3, -0.25) is 0 Å². The second-order valence-corrected chi connectivity index (χ2v) is 6.71. The van der Waals surface area contributed by atoms with E-state index in [4.69, 9.17) is 9.47 Å².